The molecular weight excluding hydrogens is 266 g/mol. The second-order valence-corrected chi connectivity index (χ2v) is 5.40. The van der Waals surface area contributed by atoms with Gasteiger partial charge in [0.1, 0.15) is 0 Å². The Kier molecular flexibility index (Phi) is 12.7. The molecule has 0 radical (unpaired) electrons. The van der Waals surface area contributed by atoms with Crippen LogP contribution in [0.1, 0.15) is 58.3 Å². The van der Waals surface area contributed by atoms with Crippen molar-refractivity contribution < 1.29 is 9.59 Å². The topological polar surface area (TPSA) is 84.2 Å². The number of hydrogen-bond donors (Lipinski definition) is 3. The third kappa shape index (κ3) is 13.4. The van der Waals surface area contributed by atoms with Crippen molar-refractivity contribution in [1.82, 2.24) is 10.6 Å². The van der Waals surface area contributed by atoms with Gasteiger partial charge in [0.2, 0.25) is 11.8 Å². The molecule has 2 amide bonds. The van der Waals surface area contributed by atoms with Crippen LogP contribution in [0.3, 0.4) is 0 Å². The Morgan fingerprint density at radius 2 is 1.48 bits per heavy atom. The minimum atomic E-state index is -0.129. The molecule has 0 heterocycles. The number of amides is 2. The molecule has 0 spiro atoms. The predicted molar refractivity (Wildman–Crippen MR) is 86.8 cm³/mol. The zero-order valence-corrected chi connectivity index (χ0v) is 13.4. The fraction of sp³-hybridized carbons (Fsp3) is 0.750. The average Bonchev–Trinajstić information content (AvgIpc) is 2.45. The Balaban J connectivity index is 3.31. The maximum absolute atomic E-state index is 11.6. The minimum Gasteiger partial charge on any atom is -0.356 e. The molecule has 0 rings (SSSR count). The second-order valence-electron chi connectivity index (χ2n) is 5.40. The Hall–Kier alpha value is -1.36. The largest absolute Gasteiger partial charge is 0.356 e. The maximum atomic E-state index is 11.6. The number of rotatable bonds is 13. The monoisotopic (exact) mass is 297 g/mol. The summed E-state index contributed by atoms with van der Waals surface area (Å²) in [5.41, 5.74) is 5.93. The van der Waals surface area contributed by atoms with Gasteiger partial charge < -0.3 is 16.4 Å². The van der Waals surface area contributed by atoms with E-state index in [0.29, 0.717) is 25.1 Å². The lowest BCUT2D eigenvalue weighted by Gasteiger charge is -2.06. The van der Waals surface area contributed by atoms with Gasteiger partial charge in [-0.2, -0.15) is 0 Å². The zero-order valence-electron chi connectivity index (χ0n) is 13.4. The molecule has 0 saturated heterocycles. The van der Waals surface area contributed by atoms with Crippen LogP contribution < -0.4 is 16.4 Å². The van der Waals surface area contributed by atoms with E-state index in [4.69, 9.17) is 5.73 Å². The highest BCUT2D eigenvalue weighted by Gasteiger charge is 2.02. The minimum absolute atomic E-state index is 0.100. The van der Waals surface area contributed by atoms with Gasteiger partial charge in [-0.15, -0.1) is 0 Å². The van der Waals surface area contributed by atoms with E-state index in [0.717, 1.165) is 32.2 Å². The molecule has 0 aliphatic rings. The van der Waals surface area contributed by atoms with Gasteiger partial charge in [-0.05, 0) is 32.7 Å². The number of carbonyl (C=O) groups excluding carboxylic acids is 2. The van der Waals surface area contributed by atoms with E-state index < -0.39 is 0 Å². The van der Waals surface area contributed by atoms with Crippen molar-refractivity contribution in [3.63, 3.8) is 0 Å². The van der Waals surface area contributed by atoms with Crippen molar-refractivity contribution in [1.29, 1.82) is 0 Å². The maximum Gasteiger partial charge on any atom is 0.246 e. The Morgan fingerprint density at radius 3 is 2.10 bits per heavy atom. The summed E-state index contributed by atoms with van der Waals surface area (Å²) in [5, 5.41) is 5.60. The van der Waals surface area contributed by atoms with E-state index in [1.165, 1.54) is 19.3 Å². The lowest BCUT2D eigenvalue weighted by Crippen LogP contribution is -2.29. The van der Waals surface area contributed by atoms with Crippen LogP contribution in [0.25, 0.3) is 0 Å². The van der Waals surface area contributed by atoms with Crippen molar-refractivity contribution in [2.24, 2.45) is 5.73 Å². The average molecular weight is 297 g/mol. The third-order valence-corrected chi connectivity index (χ3v) is 3.21. The molecule has 0 saturated carbocycles. The van der Waals surface area contributed by atoms with Gasteiger partial charge in [0.15, 0.2) is 0 Å². The molecule has 0 bridgehead atoms. The summed E-state index contributed by atoms with van der Waals surface area (Å²) in [6.45, 7) is 7.17. The van der Waals surface area contributed by atoms with Gasteiger partial charge in [-0.3, -0.25) is 9.59 Å². The van der Waals surface area contributed by atoms with E-state index in [9.17, 15) is 9.59 Å². The highest BCUT2D eigenvalue weighted by atomic mass is 16.2. The summed E-state index contributed by atoms with van der Waals surface area (Å²) in [7, 11) is 0. The molecule has 0 aromatic rings. The van der Waals surface area contributed by atoms with Crippen LogP contribution in [-0.4, -0.2) is 31.4 Å². The number of unbranched alkanes of at least 4 members (excludes halogenated alkanes) is 5. The number of nitrogens with one attached hydrogen (secondary N) is 2. The second kappa shape index (κ2) is 13.6. The molecule has 0 atom stereocenters. The normalized spacial score (nSPS) is 10.2. The molecular formula is C16H31N3O2. The first-order chi connectivity index (χ1) is 10.1. The van der Waals surface area contributed by atoms with Crippen LogP contribution >= 0.6 is 0 Å². The summed E-state index contributed by atoms with van der Waals surface area (Å²) >= 11 is 0. The summed E-state index contributed by atoms with van der Waals surface area (Å²) in [6, 6.07) is 0. The zero-order chi connectivity index (χ0) is 15.9. The van der Waals surface area contributed by atoms with E-state index in [1.54, 1.807) is 6.92 Å². The van der Waals surface area contributed by atoms with Crippen molar-refractivity contribution in [2.75, 3.05) is 19.6 Å². The van der Waals surface area contributed by atoms with Gasteiger partial charge >= 0.3 is 0 Å². The SMILES string of the molecule is C=C(C)C(=O)NCCCNC(=O)CCCCCCCCN. The summed E-state index contributed by atoms with van der Waals surface area (Å²) < 4.78 is 0. The van der Waals surface area contributed by atoms with Crippen LogP contribution in [0.2, 0.25) is 0 Å². The van der Waals surface area contributed by atoms with Crippen molar-refractivity contribution in [3.05, 3.63) is 12.2 Å². The van der Waals surface area contributed by atoms with Crippen molar-refractivity contribution in [3.8, 4) is 0 Å². The molecule has 122 valence electrons. The first-order valence-electron chi connectivity index (χ1n) is 7.98. The van der Waals surface area contributed by atoms with Gasteiger partial charge in [0, 0.05) is 25.1 Å². The van der Waals surface area contributed by atoms with Crippen molar-refractivity contribution >= 4 is 11.8 Å². The fourth-order valence-electron chi connectivity index (χ4n) is 1.89. The Morgan fingerprint density at radius 1 is 0.905 bits per heavy atom. The van der Waals surface area contributed by atoms with Crippen LogP contribution in [0, 0.1) is 0 Å². The van der Waals surface area contributed by atoms with Gasteiger partial charge in [0.05, 0.1) is 0 Å². The first-order valence-corrected chi connectivity index (χ1v) is 7.98. The molecule has 0 aliphatic heterocycles. The number of nitrogens with two attached hydrogens (primary N) is 1. The van der Waals surface area contributed by atoms with Gasteiger partial charge in [-0.1, -0.05) is 32.3 Å². The van der Waals surface area contributed by atoms with Crippen LogP contribution in [0.4, 0.5) is 0 Å². The van der Waals surface area contributed by atoms with Crippen molar-refractivity contribution in [2.45, 2.75) is 58.3 Å². The van der Waals surface area contributed by atoms with Gasteiger partial charge in [-0.25, -0.2) is 0 Å². The molecule has 0 fully saturated rings. The van der Waals surface area contributed by atoms with Crippen LogP contribution in [-0.2, 0) is 9.59 Å². The lowest BCUT2D eigenvalue weighted by molar-refractivity contribution is -0.121. The molecule has 0 aromatic heterocycles. The summed E-state index contributed by atoms with van der Waals surface area (Å²) in [5.74, 6) is -0.0286. The van der Waals surface area contributed by atoms with Crippen LogP contribution in [0.5, 0.6) is 0 Å². The fourth-order valence-corrected chi connectivity index (χ4v) is 1.89. The standard InChI is InChI=1S/C16H31N3O2/c1-14(2)16(21)19-13-9-12-18-15(20)10-7-5-3-4-6-8-11-17/h1,3-13,17H2,2H3,(H,18,20)(H,19,21). The molecule has 21 heavy (non-hydrogen) atoms. The lowest BCUT2D eigenvalue weighted by atomic mass is 10.1. The quantitative estimate of drug-likeness (QED) is 0.358. The molecule has 0 aromatic carbocycles. The van der Waals surface area contributed by atoms with E-state index in [1.807, 2.05) is 0 Å². The van der Waals surface area contributed by atoms with E-state index in [2.05, 4.69) is 17.2 Å². The first kappa shape index (κ1) is 19.6. The molecule has 0 unspecified atom stereocenters. The number of hydrogen-bond acceptors (Lipinski definition) is 3. The Labute approximate surface area is 128 Å². The van der Waals surface area contributed by atoms with E-state index in [-0.39, 0.29) is 11.8 Å². The molecule has 5 nitrogen and oxygen atoms in total. The summed E-state index contributed by atoms with van der Waals surface area (Å²) in [6.07, 6.45) is 8.06. The highest BCUT2D eigenvalue weighted by molar-refractivity contribution is 5.92. The molecule has 0 aliphatic carbocycles. The highest BCUT2D eigenvalue weighted by Crippen LogP contribution is 2.06. The number of carbonyl (C=O) groups is 2. The smallest absolute Gasteiger partial charge is 0.246 e. The van der Waals surface area contributed by atoms with E-state index >= 15 is 0 Å². The predicted octanol–water partition coefficient (Wildman–Crippen LogP) is 1.87. The Bertz CT molecular complexity index is 317. The molecule has 5 heteroatoms. The third-order valence-electron chi connectivity index (χ3n) is 3.21. The molecule has 4 N–H and O–H groups in total. The van der Waals surface area contributed by atoms with Crippen LogP contribution in [0.15, 0.2) is 12.2 Å². The van der Waals surface area contributed by atoms with Gasteiger partial charge in [0.25, 0.3) is 0 Å². The summed E-state index contributed by atoms with van der Waals surface area (Å²) in [4.78, 5) is 22.8.